The van der Waals surface area contributed by atoms with E-state index in [0.29, 0.717) is 0 Å². The largest absolute Gasteiger partial charge is 0.493 e. The molecule has 0 saturated heterocycles. The standard InChI is InChI=1S/C16H12F5NO3/c1-24-13-7-9(5-6-12(13)25-15(17)18)14(23)22-11-4-2-3-10(8-11)16(19,20)21/h2-8,15H,1H3,(H,22,23). The Morgan fingerprint density at radius 2 is 1.80 bits per heavy atom. The van der Waals surface area contributed by atoms with E-state index < -0.39 is 24.3 Å². The first-order valence-electron chi connectivity index (χ1n) is 6.82. The molecule has 0 atom stereocenters. The Morgan fingerprint density at radius 3 is 2.40 bits per heavy atom. The van der Waals surface area contributed by atoms with Crippen LogP contribution in [-0.2, 0) is 6.18 Å². The van der Waals surface area contributed by atoms with E-state index >= 15 is 0 Å². The van der Waals surface area contributed by atoms with Crippen molar-refractivity contribution < 1.29 is 36.2 Å². The van der Waals surface area contributed by atoms with Crippen molar-refractivity contribution in [2.75, 3.05) is 12.4 Å². The van der Waals surface area contributed by atoms with Crippen molar-refractivity contribution in [3.63, 3.8) is 0 Å². The van der Waals surface area contributed by atoms with E-state index in [1.54, 1.807) is 0 Å². The molecule has 0 bridgehead atoms. The van der Waals surface area contributed by atoms with E-state index in [-0.39, 0.29) is 22.7 Å². The van der Waals surface area contributed by atoms with Crippen LogP contribution in [0.1, 0.15) is 15.9 Å². The second-order valence-corrected chi connectivity index (χ2v) is 4.78. The zero-order chi connectivity index (χ0) is 18.6. The van der Waals surface area contributed by atoms with Crippen molar-refractivity contribution >= 4 is 11.6 Å². The quantitative estimate of drug-likeness (QED) is 0.794. The van der Waals surface area contributed by atoms with Gasteiger partial charge >= 0.3 is 12.8 Å². The summed E-state index contributed by atoms with van der Waals surface area (Å²) >= 11 is 0. The number of hydrogen-bond acceptors (Lipinski definition) is 3. The Labute approximate surface area is 139 Å². The van der Waals surface area contributed by atoms with Crippen molar-refractivity contribution in [1.29, 1.82) is 0 Å². The molecule has 2 aromatic rings. The highest BCUT2D eigenvalue weighted by Crippen LogP contribution is 2.32. The molecule has 0 aliphatic heterocycles. The van der Waals surface area contributed by atoms with Crippen LogP contribution in [0.4, 0.5) is 27.6 Å². The first kappa shape index (κ1) is 18.5. The number of benzene rings is 2. The van der Waals surface area contributed by atoms with Gasteiger partial charge in [0.05, 0.1) is 12.7 Å². The molecule has 0 unspecified atom stereocenters. The highest BCUT2D eigenvalue weighted by Gasteiger charge is 2.30. The van der Waals surface area contributed by atoms with Gasteiger partial charge in [0, 0.05) is 11.3 Å². The predicted octanol–water partition coefficient (Wildman–Crippen LogP) is 4.57. The van der Waals surface area contributed by atoms with Crippen LogP contribution in [0, 0.1) is 0 Å². The molecular weight excluding hydrogens is 349 g/mol. The summed E-state index contributed by atoms with van der Waals surface area (Å²) in [4.78, 5) is 12.1. The lowest BCUT2D eigenvalue weighted by Gasteiger charge is -2.12. The van der Waals surface area contributed by atoms with Crippen molar-refractivity contribution in [1.82, 2.24) is 0 Å². The van der Waals surface area contributed by atoms with Crippen LogP contribution in [0.2, 0.25) is 0 Å². The predicted molar refractivity (Wildman–Crippen MR) is 79.0 cm³/mol. The fourth-order valence-corrected chi connectivity index (χ4v) is 1.98. The molecule has 2 aromatic carbocycles. The third-order valence-electron chi connectivity index (χ3n) is 3.09. The number of nitrogens with one attached hydrogen (secondary N) is 1. The van der Waals surface area contributed by atoms with Crippen LogP contribution in [0.5, 0.6) is 11.5 Å². The van der Waals surface area contributed by atoms with E-state index in [4.69, 9.17) is 4.74 Å². The van der Waals surface area contributed by atoms with Gasteiger partial charge in [-0.05, 0) is 36.4 Å². The van der Waals surface area contributed by atoms with Crippen LogP contribution in [0.15, 0.2) is 42.5 Å². The molecule has 0 spiro atoms. The summed E-state index contributed by atoms with van der Waals surface area (Å²) in [5, 5.41) is 2.30. The van der Waals surface area contributed by atoms with Gasteiger partial charge in [-0.15, -0.1) is 0 Å². The molecule has 25 heavy (non-hydrogen) atoms. The van der Waals surface area contributed by atoms with Crippen LogP contribution >= 0.6 is 0 Å². The fourth-order valence-electron chi connectivity index (χ4n) is 1.98. The lowest BCUT2D eigenvalue weighted by Crippen LogP contribution is -2.13. The number of amides is 1. The second-order valence-electron chi connectivity index (χ2n) is 4.78. The van der Waals surface area contributed by atoms with Crippen LogP contribution < -0.4 is 14.8 Å². The number of rotatable bonds is 5. The SMILES string of the molecule is COc1cc(C(=O)Nc2cccc(C(F)(F)F)c2)ccc1OC(F)F. The molecule has 0 aromatic heterocycles. The molecular formula is C16H12F5NO3. The summed E-state index contributed by atoms with van der Waals surface area (Å²) in [6, 6.07) is 7.52. The molecule has 0 saturated carbocycles. The minimum atomic E-state index is -4.54. The van der Waals surface area contributed by atoms with E-state index in [0.717, 1.165) is 30.3 Å². The Bertz CT molecular complexity index is 762. The maximum absolute atomic E-state index is 12.7. The molecule has 9 heteroatoms. The first-order chi connectivity index (χ1) is 11.7. The van der Waals surface area contributed by atoms with Gasteiger partial charge in [-0.25, -0.2) is 0 Å². The van der Waals surface area contributed by atoms with Gasteiger partial charge in [0.1, 0.15) is 0 Å². The number of carbonyl (C=O) groups excluding carboxylic acids is 1. The second kappa shape index (κ2) is 7.37. The van der Waals surface area contributed by atoms with Crippen molar-refractivity contribution in [2.45, 2.75) is 12.8 Å². The maximum Gasteiger partial charge on any atom is 0.416 e. The molecule has 134 valence electrons. The van der Waals surface area contributed by atoms with Crippen LogP contribution in [0.3, 0.4) is 0 Å². The number of halogens is 5. The third kappa shape index (κ3) is 4.82. The number of carbonyl (C=O) groups is 1. The molecule has 0 aliphatic rings. The zero-order valence-electron chi connectivity index (χ0n) is 12.7. The Balaban J connectivity index is 2.21. The average Bonchev–Trinajstić information content (AvgIpc) is 2.54. The van der Waals surface area contributed by atoms with Crippen molar-refractivity contribution in [3.05, 3.63) is 53.6 Å². The summed E-state index contributed by atoms with van der Waals surface area (Å²) in [5.41, 5.74) is -0.980. The lowest BCUT2D eigenvalue weighted by molar-refractivity contribution is -0.137. The van der Waals surface area contributed by atoms with Crippen LogP contribution in [-0.4, -0.2) is 19.6 Å². The lowest BCUT2D eigenvalue weighted by atomic mass is 10.1. The first-order valence-corrected chi connectivity index (χ1v) is 6.82. The van der Waals surface area contributed by atoms with E-state index in [2.05, 4.69) is 10.1 Å². The normalized spacial score (nSPS) is 11.3. The number of methoxy groups -OCH3 is 1. The Kier molecular flexibility index (Phi) is 5.45. The summed E-state index contributed by atoms with van der Waals surface area (Å²) < 4.78 is 71.6. The van der Waals surface area contributed by atoms with Gasteiger partial charge in [-0.3, -0.25) is 4.79 Å². The van der Waals surface area contributed by atoms with E-state index in [1.807, 2.05) is 0 Å². The topological polar surface area (TPSA) is 47.6 Å². The Hall–Kier alpha value is -2.84. The summed E-state index contributed by atoms with van der Waals surface area (Å²) in [6.45, 7) is -3.07. The van der Waals surface area contributed by atoms with Gasteiger partial charge in [-0.1, -0.05) is 6.07 Å². The number of anilines is 1. The highest BCUT2D eigenvalue weighted by molar-refractivity contribution is 6.04. The van der Waals surface area contributed by atoms with E-state index in [1.165, 1.54) is 19.2 Å². The third-order valence-corrected chi connectivity index (χ3v) is 3.09. The number of hydrogen-bond donors (Lipinski definition) is 1. The molecule has 0 aliphatic carbocycles. The van der Waals surface area contributed by atoms with Gasteiger partial charge < -0.3 is 14.8 Å². The molecule has 4 nitrogen and oxygen atoms in total. The number of ether oxygens (including phenoxy) is 2. The summed E-state index contributed by atoms with van der Waals surface area (Å²) in [5.74, 6) is -1.12. The maximum atomic E-state index is 12.7. The minimum Gasteiger partial charge on any atom is -0.493 e. The van der Waals surface area contributed by atoms with Crippen molar-refractivity contribution in [3.8, 4) is 11.5 Å². The number of alkyl halides is 5. The van der Waals surface area contributed by atoms with Crippen molar-refractivity contribution in [2.24, 2.45) is 0 Å². The molecule has 2 rings (SSSR count). The van der Waals surface area contributed by atoms with E-state index in [9.17, 15) is 26.7 Å². The Morgan fingerprint density at radius 1 is 1.08 bits per heavy atom. The molecule has 0 radical (unpaired) electrons. The summed E-state index contributed by atoms with van der Waals surface area (Å²) in [7, 11) is 1.20. The molecule has 0 heterocycles. The highest BCUT2D eigenvalue weighted by atomic mass is 19.4. The zero-order valence-corrected chi connectivity index (χ0v) is 12.7. The fraction of sp³-hybridized carbons (Fsp3) is 0.188. The van der Waals surface area contributed by atoms with Gasteiger partial charge in [0.2, 0.25) is 0 Å². The molecule has 1 N–H and O–H groups in total. The van der Waals surface area contributed by atoms with Gasteiger partial charge in [0.15, 0.2) is 11.5 Å². The monoisotopic (exact) mass is 361 g/mol. The van der Waals surface area contributed by atoms with Crippen LogP contribution in [0.25, 0.3) is 0 Å². The van der Waals surface area contributed by atoms with Gasteiger partial charge in [0.25, 0.3) is 5.91 Å². The smallest absolute Gasteiger partial charge is 0.416 e. The minimum absolute atomic E-state index is 0.00382. The summed E-state index contributed by atoms with van der Waals surface area (Å²) in [6.07, 6.45) is -4.54. The van der Waals surface area contributed by atoms with Gasteiger partial charge in [-0.2, -0.15) is 22.0 Å². The molecule has 0 fully saturated rings. The average molecular weight is 361 g/mol. The molecule has 1 amide bonds.